The average Bonchev–Trinajstić information content (AvgIpc) is 2.58. The highest BCUT2D eigenvalue weighted by Gasteiger charge is 2.14. The van der Waals surface area contributed by atoms with Crippen LogP contribution in [0.4, 0.5) is 11.4 Å². The van der Waals surface area contributed by atoms with Crippen LogP contribution in [0.1, 0.15) is 16.7 Å². The van der Waals surface area contributed by atoms with E-state index in [9.17, 15) is 9.59 Å². The third kappa shape index (κ3) is 5.35. The number of carbonyl (C=O) groups is 2. The maximum Gasteiger partial charge on any atom is 0.313 e. The van der Waals surface area contributed by atoms with Crippen molar-refractivity contribution < 1.29 is 9.59 Å². The van der Waals surface area contributed by atoms with Crippen LogP contribution in [0.5, 0.6) is 0 Å². The number of nitrogens with one attached hydrogen (secondary N) is 2. The first kappa shape index (κ1) is 18.5. The fraction of sp³-hybridized carbons (Fsp3) is 0.300. The molecule has 0 aliphatic rings. The van der Waals surface area contributed by atoms with Crippen molar-refractivity contribution in [3.63, 3.8) is 0 Å². The highest BCUT2D eigenvalue weighted by Crippen LogP contribution is 2.16. The van der Waals surface area contributed by atoms with Gasteiger partial charge in [0.15, 0.2) is 0 Å². The number of anilines is 2. The van der Waals surface area contributed by atoms with E-state index < -0.39 is 11.8 Å². The first-order chi connectivity index (χ1) is 11.9. The molecule has 5 heteroatoms. The molecular weight excluding hydrogens is 314 g/mol. The number of hydrogen-bond acceptors (Lipinski definition) is 3. The van der Waals surface area contributed by atoms with E-state index in [-0.39, 0.29) is 0 Å². The summed E-state index contributed by atoms with van der Waals surface area (Å²) in [6.45, 7) is 4.25. The molecule has 0 saturated carbocycles. The van der Waals surface area contributed by atoms with Crippen LogP contribution in [-0.2, 0) is 16.0 Å². The van der Waals surface area contributed by atoms with Gasteiger partial charge in [0.05, 0.1) is 0 Å². The average molecular weight is 339 g/mol. The number of rotatable bonds is 5. The minimum absolute atomic E-state index is 0.417. The molecule has 25 heavy (non-hydrogen) atoms. The Morgan fingerprint density at radius 3 is 2.28 bits per heavy atom. The Morgan fingerprint density at radius 2 is 1.64 bits per heavy atom. The van der Waals surface area contributed by atoms with Crippen LogP contribution in [0, 0.1) is 13.8 Å². The molecule has 2 N–H and O–H groups in total. The van der Waals surface area contributed by atoms with E-state index in [1.54, 1.807) is 0 Å². The third-order valence-electron chi connectivity index (χ3n) is 4.00. The Balaban J connectivity index is 1.83. The van der Waals surface area contributed by atoms with Gasteiger partial charge in [0.2, 0.25) is 0 Å². The van der Waals surface area contributed by atoms with E-state index >= 15 is 0 Å². The van der Waals surface area contributed by atoms with Crippen molar-refractivity contribution in [2.24, 2.45) is 0 Å². The summed E-state index contributed by atoms with van der Waals surface area (Å²) in [5, 5.41) is 5.32. The Morgan fingerprint density at radius 1 is 0.960 bits per heavy atom. The van der Waals surface area contributed by atoms with Crippen molar-refractivity contribution >= 4 is 23.2 Å². The van der Waals surface area contributed by atoms with Gasteiger partial charge in [0, 0.05) is 32.0 Å². The number of hydrogen-bond donors (Lipinski definition) is 2. The SMILES string of the molecule is Cc1ccc(C)c(NC(=O)C(=O)NCCc2ccc(N(C)C)cc2)c1. The molecule has 2 rings (SSSR count). The summed E-state index contributed by atoms with van der Waals surface area (Å²) < 4.78 is 0. The summed E-state index contributed by atoms with van der Waals surface area (Å²) in [5.41, 5.74) is 4.86. The lowest BCUT2D eigenvalue weighted by molar-refractivity contribution is -0.136. The molecule has 0 atom stereocenters. The summed E-state index contributed by atoms with van der Waals surface area (Å²) in [7, 11) is 3.98. The lowest BCUT2D eigenvalue weighted by Gasteiger charge is -2.13. The van der Waals surface area contributed by atoms with Crippen molar-refractivity contribution in [2.75, 3.05) is 30.9 Å². The van der Waals surface area contributed by atoms with E-state index in [0.717, 1.165) is 22.4 Å². The standard InChI is InChI=1S/C20H25N3O2/c1-14-5-6-15(2)18(13-14)22-20(25)19(24)21-12-11-16-7-9-17(10-8-16)23(3)4/h5-10,13H,11-12H2,1-4H3,(H,21,24)(H,22,25). The smallest absolute Gasteiger partial charge is 0.313 e. The first-order valence-electron chi connectivity index (χ1n) is 8.29. The highest BCUT2D eigenvalue weighted by molar-refractivity contribution is 6.39. The highest BCUT2D eigenvalue weighted by atomic mass is 16.2. The normalized spacial score (nSPS) is 10.2. The second-order valence-corrected chi connectivity index (χ2v) is 6.34. The lowest BCUT2D eigenvalue weighted by atomic mass is 10.1. The van der Waals surface area contributed by atoms with Gasteiger partial charge in [-0.25, -0.2) is 0 Å². The fourth-order valence-corrected chi connectivity index (χ4v) is 2.41. The lowest BCUT2D eigenvalue weighted by Crippen LogP contribution is -2.36. The van der Waals surface area contributed by atoms with Crippen molar-refractivity contribution in [1.29, 1.82) is 0 Å². The summed E-state index contributed by atoms with van der Waals surface area (Å²) in [4.78, 5) is 26.0. The molecule has 0 bridgehead atoms. The molecule has 0 aromatic heterocycles. The van der Waals surface area contributed by atoms with E-state index in [2.05, 4.69) is 10.6 Å². The number of amides is 2. The molecule has 0 aliphatic heterocycles. The molecular formula is C20H25N3O2. The molecule has 132 valence electrons. The van der Waals surface area contributed by atoms with Gasteiger partial charge in [0.1, 0.15) is 0 Å². The first-order valence-corrected chi connectivity index (χ1v) is 8.29. The Kier molecular flexibility index (Phi) is 6.17. The fourth-order valence-electron chi connectivity index (χ4n) is 2.41. The van der Waals surface area contributed by atoms with Gasteiger partial charge < -0.3 is 15.5 Å². The Labute approximate surface area is 149 Å². The Bertz CT molecular complexity index is 752. The van der Waals surface area contributed by atoms with Gasteiger partial charge in [-0.2, -0.15) is 0 Å². The third-order valence-corrected chi connectivity index (χ3v) is 4.00. The predicted octanol–water partition coefficient (Wildman–Crippen LogP) is 2.67. The van der Waals surface area contributed by atoms with Crippen LogP contribution in [-0.4, -0.2) is 32.5 Å². The van der Waals surface area contributed by atoms with E-state index in [4.69, 9.17) is 0 Å². The maximum absolute atomic E-state index is 12.0. The van der Waals surface area contributed by atoms with E-state index in [1.165, 1.54) is 0 Å². The van der Waals surface area contributed by atoms with Crippen LogP contribution in [0.2, 0.25) is 0 Å². The zero-order valence-corrected chi connectivity index (χ0v) is 15.2. The number of benzene rings is 2. The summed E-state index contributed by atoms with van der Waals surface area (Å²) >= 11 is 0. The second kappa shape index (κ2) is 8.33. The zero-order valence-electron chi connectivity index (χ0n) is 15.2. The second-order valence-electron chi connectivity index (χ2n) is 6.34. The summed E-state index contributed by atoms with van der Waals surface area (Å²) in [6, 6.07) is 13.9. The molecule has 0 fully saturated rings. The number of nitrogens with zero attached hydrogens (tertiary/aromatic N) is 1. The molecule has 0 heterocycles. The monoisotopic (exact) mass is 339 g/mol. The summed E-state index contributed by atoms with van der Waals surface area (Å²) in [5.74, 6) is -1.26. The number of aryl methyl sites for hydroxylation is 2. The van der Waals surface area contributed by atoms with Crippen LogP contribution < -0.4 is 15.5 Å². The van der Waals surface area contributed by atoms with Crippen molar-refractivity contribution in [1.82, 2.24) is 5.32 Å². The molecule has 0 unspecified atom stereocenters. The van der Waals surface area contributed by atoms with Gasteiger partial charge >= 0.3 is 11.8 Å². The molecule has 0 radical (unpaired) electrons. The largest absolute Gasteiger partial charge is 0.378 e. The molecule has 2 amide bonds. The van der Waals surface area contributed by atoms with Crippen molar-refractivity contribution in [3.05, 3.63) is 59.2 Å². The van der Waals surface area contributed by atoms with Crippen LogP contribution in [0.3, 0.4) is 0 Å². The van der Waals surface area contributed by atoms with Gasteiger partial charge in [0.25, 0.3) is 0 Å². The van der Waals surface area contributed by atoms with E-state index in [0.29, 0.717) is 18.7 Å². The molecule has 0 spiro atoms. The summed E-state index contributed by atoms with van der Waals surface area (Å²) in [6.07, 6.45) is 0.677. The quantitative estimate of drug-likeness (QED) is 0.823. The van der Waals surface area contributed by atoms with Gasteiger partial charge in [-0.05, 0) is 55.2 Å². The van der Waals surface area contributed by atoms with E-state index in [1.807, 2.05) is 75.3 Å². The minimum atomic E-state index is -0.642. The zero-order chi connectivity index (χ0) is 18.4. The number of carbonyl (C=O) groups excluding carboxylic acids is 2. The van der Waals surface area contributed by atoms with Crippen molar-refractivity contribution in [3.8, 4) is 0 Å². The maximum atomic E-state index is 12.0. The molecule has 2 aromatic rings. The minimum Gasteiger partial charge on any atom is -0.378 e. The van der Waals surface area contributed by atoms with Crippen molar-refractivity contribution in [2.45, 2.75) is 20.3 Å². The van der Waals surface area contributed by atoms with Crippen LogP contribution >= 0.6 is 0 Å². The van der Waals surface area contributed by atoms with Crippen LogP contribution in [0.15, 0.2) is 42.5 Å². The van der Waals surface area contributed by atoms with Gasteiger partial charge in [-0.15, -0.1) is 0 Å². The van der Waals surface area contributed by atoms with Crippen LogP contribution in [0.25, 0.3) is 0 Å². The molecule has 5 nitrogen and oxygen atoms in total. The topological polar surface area (TPSA) is 61.4 Å². The molecule has 2 aromatic carbocycles. The molecule has 0 saturated heterocycles. The predicted molar refractivity (Wildman–Crippen MR) is 102 cm³/mol. The van der Waals surface area contributed by atoms with Gasteiger partial charge in [-0.3, -0.25) is 9.59 Å². The van der Waals surface area contributed by atoms with Gasteiger partial charge in [-0.1, -0.05) is 24.3 Å². The Hall–Kier alpha value is -2.82. The molecule has 0 aliphatic carbocycles.